The molecule has 0 unspecified atom stereocenters. The Kier molecular flexibility index (Phi) is 11.8. The van der Waals surface area contributed by atoms with Crippen molar-refractivity contribution in [3.63, 3.8) is 0 Å². The normalized spacial score (nSPS) is 11.5. The van der Waals surface area contributed by atoms with Crippen molar-refractivity contribution in [1.82, 2.24) is 0 Å². The van der Waals surface area contributed by atoms with E-state index in [2.05, 4.69) is 9.47 Å². The molecule has 2 aromatic carbocycles. The number of carbonyl (C=O) groups excluding carboxylic acids is 6. The minimum absolute atomic E-state index is 0.00889. The maximum Gasteiger partial charge on any atom is 0.346 e. The van der Waals surface area contributed by atoms with Crippen molar-refractivity contribution < 1.29 is 57.9 Å². The maximum atomic E-state index is 12.3. The van der Waals surface area contributed by atoms with Gasteiger partial charge in [-0.05, 0) is 36.4 Å². The Morgan fingerprint density at radius 2 is 0.905 bits per heavy atom. The largest absolute Gasteiger partial charge is 0.461 e. The van der Waals surface area contributed by atoms with E-state index in [4.69, 9.17) is 9.47 Å². The molecule has 2 rings (SSSR count). The van der Waals surface area contributed by atoms with E-state index < -0.39 is 46.6 Å². The SMILES string of the molecule is CC(C)(CO)COC(=O)c1cccc(C(=O)OC(=O)/C=C\C(=O)OC(=O)c2cccc(C(=O)OCC(C)(C)CO)c2)c1. The van der Waals surface area contributed by atoms with Gasteiger partial charge < -0.3 is 29.2 Å². The minimum atomic E-state index is -1.25. The van der Waals surface area contributed by atoms with Gasteiger partial charge in [-0.1, -0.05) is 39.8 Å². The van der Waals surface area contributed by atoms with Gasteiger partial charge in [0.05, 0.1) is 48.7 Å². The Bertz CT molecular complexity index is 1270. The van der Waals surface area contributed by atoms with E-state index >= 15 is 0 Å². The zero-order chi connectivity index (χ0) is 31.5. The predicted molar refractivity (Wildman–Crippen MR) is 145 cm³/mol. The fraction of sp³-hybridized carbons (Fsp3) is 0.333. The lowest BCUT2D eigenvalue weighted by atomic mass is 9.96. The van der Waals surface area contributed by atoms with Crippen LogP contribution >= 0.6 is 0 Å². The van der Waals surface area contributed by atoms with Crippen LogP contribution in [-0.2, 0) is 28.5 Å². The number of aliphatic hydroxyl groups is 2. The number of aliphatic hydroxyl groups excluding tert-OH is 2. The van der Waals surface area contributed by atoms with Crippen LogP contribution in [0.1, 0.15) is 69.1 Å². The zero-order valence-corrected chi connectivity index (χ0v) is 23.6. The molecule has 0 spiro atoms. The zero-order valence-electron chi connectivity index (χ0n) is 23.6. The van der Waals surface area contributed by atoms with E-state index in [1.807, 2.05) is 0 Å². The summed E-state index contributed by atoms with van der Waals surface area (Å²) >= 11 is 0. The Morgan fingerprint density at radius 3 is 1.21 bits per heavy atom. The molecule has 0 fully saturated rings. The lowest BCUT2D eigenvalue weighted by Crippen LogP contribution is -2.25. The quantitative estimate of drug-likeness (QED) is 0.161. The lowest BCUT2D eigenvalue weighted by Gasteiger charge is -2.20. The summed E-state index contributed by atoms with van der Waals surface area (Å²) in [5.74, 6) is -6.25. The van der Waals surface area contributed by atoms with Crippen molar-refractivity contribution in [2.24, 2.45) is 10.8 Å². The van der Waals surface area contributed by atoms with E-state index in [1.54, 1.807) is 27.7 Å². The monoisotopic (exact) mass is 584 g/mol. The van der Waals surface area contributed by atoms with Crippen LogP contribution < -0.4 is 0 Å². The van der Waals surface area contributed by atoms with E-state index in [-0.39, 0.29) is 48.7 Å². The molecule has 0 heterocycles. The van der Waals surface area contributed by atoms with Gasteiger partial charge in [0, 0.05) is 23.0 Å². The Morgan fingerprint density at radius 1 is 0.595 bits per heavy atom. The average molecular weight is 585 g/mol. The number of ether oxygens (including phenoxy) is 4. The molecule has 0 aliphatic carbocycles. The van der Waals surface area contributed by atoms with Crippen LogP contribution in [0.5, 0.6) is 0 Å². The minimum Gasteiger partial charge on any atom is -0.461 e. The van der Waals surface area contributed by atoms with E-state index in [1.165, 1.54) is 36.4 Å². The Hall–Kier alpha value is -4.68. The highest BCUT2D eigenvalue weighted by Crippen LogP contribution is 2.17. The van der Waals surface area contributed by atoms with E-state index in [0.717, 1.165) is 12.1 Å². The molecule has 2 N–H and O–H groups in total. The van der Waals surface area contributed by atoms with Gasteiger partial charge in [-0.2, -0.15) is 0 Å². The van der Waals surface area contributed by atoms with Crippen molar-refractivity contribution in [2.45, 2.75) is 27.7 Å². The third-order valence-electron chi connectivity index (χ3n) is 5.45. The third kappa shape index (κ3) is 10.7. The second-order valence-corrected chi connectivity index (χ2v) is 10.7. The van der Waals surface area contributed by atoms with Crippen LogP contribution in [0.15, 0.2) is 60.7 Å². The summed E-state index contributed by atoms with van der Waals surface area (Å²) in [7, 11) is 0. The molecule has 0 amide bonds. The molecule has 0 aromatic heterocycles. The number of esters is 6. The summed E-state index contributed by atoms with van der Waals surface area (Å²) in [4.78, 5) is 73.2. The van der Waals surface area contributed by atoms with Crippen LogP contribution in [0.4, 0.5) is 0 Å². The number of hydrogen-bond donors (Lipinski definition) is 2. The summed E-state index contributed by atoms with van der Waals surface area (Å²) in [6, 6.07) is 10.4. The van der Waals surface area contributed by atoms with Crippen LogP contribution in [-0.4, -0.2) is 72.5 Å². The van der Waals surface area contributed by atoms with E-state index in [9.17, 15) is 39.0 Å². The molecule has 0 saturated heterocycles. The summed E-state index contributed by atoms with van der Waals surface area (Å²) in [5, 5.41) is 18.5. The van der Waals surface area contributed by atoms with Crippen molar-refractivity contribution in [1.29, 1.82) is 0 Å². The molecule has 0 atom stereocenters. The second-order valence-electron chi connectivity index (χ2n) is 10.7. The standard InChI is InChI=1S/C30H32O12/c1-29(2,15-31)17-39-25(35)19-7-5-9-21(13-19)27(37)41-23(33)11-12-24(34)42-28(38)22-10-6-8-20(14-22)26(36)40-18-30(3,4)16-32/h5-14,31-32H,15-18H2,1-4H3/b12-11-. The topological polar surface area (TPSA) is 180 Å². The van der Waals surface area contributed by atoms with Crippen molar-refractivity contribution in [3.05, 3.63) is 82.9 Å². The van der Waals surface area contributed by atoms with Gasteiger partial charge >= 0.3 is 35.8 Å². The number of benzene rings is 2. The molecule has 12 heteroatoms. The summed E-state index contributed by atoms with van der Waals surface area (Å²) in [6.07, 6.45) is 1.14. The summed E-state index contributed by atoms with van der Waals surface area (Å²) in [5.41, 5.74) is -1.60. The second kappa shape index (κ2) is 14.8. The highest BCUT2D eigenvalue weighted by Gasteiger charge is 2.22. The van der Waals surface area contributed by atoms with Gasteiger partial charge in [0.1, 0.15) is 0 Å². The van der Waals surface area contributed by atoms with Crippen molar-refractivity contribution in [2.75, 3.05) is 26.4 Å². The Balaban J connectivity index is 1.93. The van der Waals surface area contributed by atoms with Crippen molar-refractivity contribution in [3.8, 4) is 0 Å². The molecule has 0 bridgehead atoms. The highest BCUT2D eigenvalue weighted by atomic mass is 16.6. The Labute approximate surface area is 241 Å². The van der Waals surface area contributed by atoms with Gasteiger partial charge in [0.25, 0.3) is 0 Å². The molecule has 0 radical (unpaired) electrons. The molecule has 0 aliphatic heterocycles. The number of carbonyl (C=O) groups is 6. The highest BCUT2D eigenvalue weighted by molar-refractivity contribution is 6.05. The van der Waals surface area contributed by atoms with E-state index in [0.29, 0.717) is 12.2 Å². The third-order valence-corrected chi connectivity index (χ3v) is 5.45. The summed E-state index contributed by atoms with van der Waals surface area (Å²) < 4.78 is 19.5. The molecular formula is C30H32O12. The van der Waals surface area contributed by atoms with Crippen LogP contribution in [0.3, 0.4) is 0 Å². The molecular weight excluding hydrogens is 552 g/mol. The number of hydrogen-bond acceptors (Lipinski definition) is 12. The lowest BCUT2D eigenvalue weighted by molar-refractivity contribution is -0.135. The number of rotatable bonds is 12. The molecule has 0 aliphatic rings. The van der Waals surface area contributed by atoms with Crippen LogP contribution in [0, 0.1) is 10.8 Å². The van der Waals surface area contributed by atoms with Crippen molar-refractivity contribution >= 4 is 35.8 Å². The fourth-order valence-corrected chi connectivity index (χ4v) is 2.83. The fourth-order valence-electron chi connectivity index (χ4n) is 2.83. The first-order valence-electron chi connectivity index (χ1n) is 12.6. The van der Waals surface area contributed by atoms with Gasteiger partial charge in [-0.3, -0.25) is 0 Å². The van der Waals surface area contributed by atoms with Gasteiger partial charge in [-0.25, -0.2) is 28.8 Å². The summed E-state index contributed by atoms with van der Waals surface area (Å²) in [6.45, 7) is 6.22. The van der Waals surface area contributed by atoms with Crippen LogP contribution in [0.25, 0.3) is 0 Å². The molecule has 2 aromatic rings. The average Bonchev–Trinajstić information content (AvgIpc) is 2.97. The molecule has 42 heavy (non-hydrogen) atoms. The van der Waals surface area contributed by atoms with Gasteiger partial charge in [0.15, 0.2) is 0 Å². The molecule has 0 saturated carbocycles. The van der Waals surface area contributed by atoms with Gasteiger partial charge in [0.2, 0.25) is 0 Å². The molecule has 224 valence electrons. The smallest absolute Gasteiger partial charge is 0.346 e. The first-order valence-corrected chi connectivity index (χ1v) is 12.6. The van der Waals surface area contributed by atoms with Gasteiger partial charge in [-0.15, -0.1) is 0 Å². The maximum absolute atomic E-state index is 12.3. The first-order chi connectivity index (χ1) is 19.7. The van der Waals surface area contributed by atoms with Crippen LogP contribution in [0.2, 0.25) is 0 Å². The first kappa shape index (κ1) is 33.5. The predicted octanol–water partition coefficient (Wildman–Crippen LogP) is 2.66. The molecule has 12 nitrogen and oxygen atoms in total.